The number of rotatable bonds is 9. The predicted octanol–water partition coefficient (Wildman–Crippen LogP) is 6.49. The highest BCUT2D eigenvalue weighted by Crippen LogP contribution is 2.26. The summed E-state index contributed by atoms with van der Waals surface area (Å²) in [6.45, 7) is 4.79. The van der Waals surface area contributed by atoms with Crippen molar-refractivity contribution >= 4 is 5.91 Å². The van der Waals surface area contributed by atoms with E-state index in [9.17, 15) is 4.79 Å². The second-order valence-corrected chi connectivity index (χ2v) is 8.04. The van der Waals surface area contributed by atoms with Crippen LogP contribution in [0.1, 0.15) is 45.6 Å². The molecule has 0 unspecified atom stereocenters. The number of para-hydroxylation sites is 1. The number of amides is 1. The molecule has 4 rings (SSSR count). The number of aryl methyl sites for hydroxylation is 1. The molecule has 0 radical (unpaired) electrons. The van der Waals surface area contributed by atoms with Crippen LogP contribution in [0.5, 0.6) is 11.5 Å². The van der Waals surface area contributed by atoms with Gasteiger partial charge in [0.1, 0.15) is 18.1 Å². The molecule has 0 aliphatic rings. The lowest BCUT2D eigenvalue weighted by molar-refractivity contribution is 0.0942. The van der Waals surface area contributed by atoms with Gasteiger partial charge in [-0.1, -0.05) is 78.9 Å². The first-order chi connectivity index (χ1) is 16.7. The van der Waals surface area contributed by atoms with E-state index in [0.29, 0.717) is 18.8 Å². The maximum atomic E-state index is 13.4. The van der Waals surface area contributed by atoms with Crippen LogP contribution < -0.4 is 14.8 Å². The van der Waals surface area contributed by atoms with E-state index in [1.807, 2.05) is 111 Å². The van der Waals surface area contributed by atoms with E-state index in [2.05, 4.69) is 5.32 Å². The van der Waals surface area contributed by atoms with Gasteiger partial charge in [-0.05, 0) is 54.8 Å². The minimum absolute atomic E-state index is 0.155. The molecular formula is C30H29NO3. The van der Waals surface area contributed by atoms with Gasteiger partial charge in [0.2, 0.25) is 0 Å². The summed E-state index contributed by atoms with van der Waals surface area (Å²) in [7, 11) is 0. The number of ether oxygens (including phenoxy) is 2. The Morgan fingerprint density at radius 1 is 0.765 bits per heavy atom. The van der Waals surface area contributed by atoms with Gasteiger partial charge in [-0.15, -0.1) is 0 Å². The van der Waals surface area contributed by atoms with Crippen molar-refractivity contribution in [3.8, 4) is 11.5 Å². The highest BCUT2D eigenvalue weighted by Gasteiger charge is 2.19. The van der Waals surface area contributed by atoms with Gasteiger partial charge in [-0.2, -0.15) is 0 Å². The largest absolute Gasteiger partial charge is 0.493 e. The summed E-state index contributed by atoms with van der Waals surface area (Å²) in [5, 5.41) is 3.21. The van der Waals surface area contributed by atoms with Crippen LogP contribution in [0.15, 0.2) is 103 Å². The number of carbonyl (C=O) groups excluding carboxylic acids is 1. The molecule has 0 bridgehead atoms. The number of benzene rings is 4. The molecule has 0 atom stereocenters. The van der Waals surface area contributed by atoms with Crippen molar-refractivity contribution in [2.24, 2.45) is 0 Å². The zero-order valence-corrected chi connectivity index (χ0v) is 19.5. The fraction of sp³-hybridized carbons (Fsp3) is 0.167. The van der Waals surface area contributed by atoms with Gasteiger partial charge in [0.15, 0.2) is 0 Å². The van der Waals surface area contributed by atoms with E-state index >= 15 is 0 Å². The van der Waals surface area contributed by atoms with E-state index in [-0.39, 0.29) is 11.9 Å². The minimum Gasteiger partial charge on any atom is -0.493 e. The number of carbonyl (C=O) groups is 1. The molecule has 0 aliphatic carbocycles. The van der Waals surface area contributed by atoms with Gasteiger partial charge in [-0.25, -0.2) is 0 Å². The minimum atomic E-state index is -0.256. The van der Waals surface area contributed by atoms with Crippen LogP contribution in [0.2, 0.25) is 0 Å². The van der Waals surface area contributed by atoms with Gasteiger partial charge < -0.3 is 14.8 Å². The summed E-state index contributed by atoms with van der Waals surface area (Å²) >= 11 is 0. The Kier molecular flexibility index (Phi) is 7.61. The molecule has 1 N–H and O–H groups in total. The van der Waals surface area contributed by atoms with Crippen LogP contribution in [0.3, 0.4) is 0 Å². The first kappa shape index (κ1) is 23.1. The quantitative estimate of drug-likeness (QED) is 0.316. The van der Waals surface area contributed by atoms with Crippen LogP contribution in [0.25, 0.3) is 0 Å². The smallest absolute Gasteiger partial charge is 0.252 e. The summed E-state index contributed by atoms with van der Waals surface area (Å²) in [6.07, 6.45) is 0. The molecule has 0 fully saturated rings. The SMILES string of the molecule is CCOc1ccc(C(=O)NC(c2ccccc2)c2ccccc2)cc1COc1ccccc1C. The third-order valence-electron chi connectivity index (χ3n) is 5.64. The maximum absolute atomic E-state index is 13.4. The van der Waals surface area contributed by atoms with E-state index in [4.69, 9.17) is 9.47 Å². The van der Waals surface area contributed by atoms with Crippen molar-refractivity contribution in [1.29, 1.82) is 0 Å². The number of hydrogen-bond donors (Lipinski definition) is 1. The van der Waals surface area contributed by atoms with Crippen molar-refractivity contribution in [3.63, 3.8) is 0 Å². The van der Waals surface area contributed by atoms with E-state index in [1.165, 1.54) is 0 Å². The monoisotopic (exact) mass is 451 g/mol. The average Bonchev–Trinajstić information content (AvgIpc) is 2.88. The molecule has 34 heavy (non-hydrogen) atoms. The highest BCUT2D eigenvalue weighted by atomic mass is 16.5. The fourth-order valence-corrected chi connectivity index (χ4v) is 3.87. The molecule has 0 saturated heterocycles. The zero-order chi connectivity index (χ0) is 23.8. The molecule has 1 amide bonds. The summed E-state index contributed by atoms with van der Waals surface area (Å²) in [4.78, 5) is 13.4. The second-order valence-electron chi connectivity index (χ2n) is 8.04. The number of hydrogen-bond acceptors (Lipinski definition) is 3. The Morgan fingerprint density at radius 3 is 2.00 bits per heavy atom. The molecule has 0 saturated carbocycles. The molecule has 172 valence electrons. The summed E-state index contributed by atoms with van der Waals surface area (Å²) in [6, 6.07) is 33.1. The van der Waals surface area contributed by atoms with Crippen molar-refractivity contribution in [1.82, 2.24) is 5.32 Å². The van der Waals surface area contributed by atoms with Crippen molar-refractivity contribution in [2.45, 2.75) is 26.5 Å². The van der Waals surface area contributed by atoms with Crippen LogP contribution in [0.4, 0.5) is 0 Å². The van der Waals surface area contributed by atoms with Gasteiger partial charge in [-0.3, -0.25) is 4.79 Å². The lowest BCUT2D eigenvalue weighted by atomic mass is 9.98. The topological polar surface area (TPSA) is 47.6 Å². The van der Waals surface area contributed by atoms with Crippen molar-refractivity contribution in [3.05, 3.63) is 131 Å². The Labute approximate surface area is 201 Å². The van der Waals surface area contributed by atoms with E-state index < -0.39 is 0 Å². The first-order valence-electron chi connectivity index (χ1n) is 11.5. The Bertz CT molecular complexity index is 1180. The summed E-state index contributed by atoms with van der Waals surface area (Å²) in [5.41, 5.74) is 4.49. The maximum Gasteiger partial charge on any atom is 0.252 e. The van der Waals surface area contributed by atoms with E-state index in [1.54, 1.807) is 6.07 Å². The standard InChI is InChI=1S/C30H29NO3/c1-3-33-28-19-18-25(20-26(28)21-34-27-17-11-10-12-22(27)2)30(32)31-29(23-13-6-4-7-14-23)24-15-8-5-9-16-24/h4-20,29H,3,21H2,1-2H3,(H,31,32). The van der Waals surface area contributed by atoms with Crippen LogP contribution in [-0.4, -0.2) is 12.5 Å². The Hall–Kier alpha value is -4.05. The third-order valence-corrected chi connectivity index (χ3v) is 5.64. The fourth-order valence-electron chi connectivity index (χ4n) is 3.87. The molecule has 4 heteroatoms. The highest BCUT2D eigenvalue weighted by molar-refractivity contribution is 5.95. The van der Waals surface area contributed by atoms with Gasteiger partial charge in [0, 0.05) is 11.1 Å². The summed E-state index contributed by atoms with van der Waals surface area (Å²) in [5.74, 6) is 1.38. The molecule has 4 aromatic rings. The van der Waals surface area contributed by atoms with Crippen LogP contribution in [-0.2, 0) is 6.61 Å². The molecule has 4 nitrogen and oxygen atoms in total. The first-order valence-corrected chi connectivity index (χ1v) is 11.5. The van der Waals surface area contributed by atoms with Gasteiger partial charge in [0.05, 0.1) is 12.6 Å². The van der Waals surface area contributed by atoms with Crippen LogP contribution in [0, 0.1) is 6.92 Å². The van der Waals surface area contributed by atoms with Gasteiger partial charge in [0.25, 0.3) is 5.91 Å². The predicted molar refractivity (Wildman–Crippen MR) is 135 cm³/mol. The molecule has 0 aliphatic heterocycles. The average molecular weight is 452 g/mol. The third kappa shape index (κ3) is 5.65. The number of nitrogens with one attached hydrogen (secondary N) is 1. The molecular weight excluding hydrogens is 422 g/mol. The van der Waals surface area contributed by atoms with E-state index in [0.717, 1.165) is 33.8 Å². The van der Waals surface area contributed by atoms with Crippen molar-refractivity contribution in [2.75, 3.05) is 6.61 Å². The molecule has 0 heterocycles. The van der Waals surface area contributed by atoms with Gasteiger partial charge >= 0.3 is 0 Å². The normalized spacial score (nSPS) is 10.7. The summed E-state index contributed by atoms with van der Waals surface area (Å²) < 4.78 is 11.9. The Morgan fingerprint density at radius 2 is 1.38 bits per heavy atom. The van der Waals surface area contributed by atoms with Crippen molar-refractivity contribution < 1.29 is 14.3 Å². The van der Waals surface area contributed by atoms with Crippen LogP contribution >= 0.6 is 0 Å². The zero-order valence-electron chi connectivity index (χ0n) is 19.5. The Balaban J connectivity index is 1.59. The molecule has 0 aromatic heterocycles. The lowest BCUT2D eigenvalue weighted by Crippen LogP contribution is -2.29. The second kappa shape index (κ2) is 11.2. The molecule has 4 aromatic carbocycles. The molecule has 0 spiro atoms. The lowest BCUT2D eigenvalue weighted by Gasteiger charge is -2.20.